The van der Waals surface area contributed by atoms with Gasteiger partial charge in [0.1, 0.15) is 17.5 Å². The molecule has 1 saturated heterocycles. The monoisotopic (exact) mass is 277 g/mol. The molecule has 1 fully saturated rings. The molecule has 1 aromatic rings. The van der Waals surface area contributed by atoms with Gasteiger partial charge in [0.15, 0.2) is 0 Å². The molecule has 1 aromatic heterocycles. The Morgan fingerprint density at radius 3 is 2.75 bits per heavy atom. The van der Waals surface area contributed by atoms with Crippen LogP contribution in [-0.2, 0) is 6.42 Å². The standard InChI is InChI=1S/C15H27N5/c1-4-6-12-8-9-20(10-12)15-11(3)14(19-16)17-13(18-15)7-5-2/h12H,4-10,16H2,1-3H3,(H,17,18,19). The summed E-state index contributed by atoms with van der Waals surface area (Å²) in [6.07, 6.45) is 5.79. The van der Waals surface area contributed by atoms with Crippen LogP contribution in [0, 0.1) is 12.8 Å². The van der Waals surface area contributed by atoms with E-state index in [4.69, 9.17) is 10.8 Å². The molecule has 1 atom stereocenters. The molecule has 112 valence electrons. The van der Waals surface area contributed by atoms with E-state index in [2.05, 4.69) is 29.2 Å². The van der Waals surface area contributed by atoms with Gasteiger partial charge < -0.3 is 10.3 Å². The Hall–Kier alpha value is -1.36. The summed E-state index contributed by atoms with van der Waals surface area (Å²) in [5.74, 6) is 9.12. The quantitative estimate of drug-likeness (QED) is 0.618. The van der Waals surface area contributed by atoms with Gasteiger partial charge in [0.05, 0.1) is 0 Å². The molecule has 0 bridgehead atoms. The van der Waals surface area contributed by atoms with Crippen molar-refractivity contribution in [2.24, 2.45) is 11.8 Å². The molecular weight excluding hydrogens is 250 g/mol. The van der Waals surface area contributed by atoms with Crippen LogP contribution in [0.25, 0.3) is 0 Å². The maximum atomic E-state index is 5.60. The van der Waals surface area contributed by atoms with Crippen LogP contribution in [-0.4, -0.2) is 23.1 Å². The van der Waals surface area contributed by atoms with Gasteiger partial charge in [-0.1, -0.05) is 20.3 Å². The molecule has 2 rings (SSSR count). The van der Waals surface area contributed by atoms with Crippen LogP contribution in [0.15, 0.2) is 0 Å². The molecule has 0 spiro atoms. The Morgan fingerprint density at radius 2 is 2.10 bits per heavy atom. The third-order valence-corrected chi connectivity index (χ3v) is 4.06. The molecular formula is C15H27N5. The molecule has 0 aromatic carbocycles. The van der Waals surface area contributed by atoms with E-state index in [1.54, 1.807) is 0 Å². The Kier molecular flexibility index (Phi) is 5.17. The second-order valence-corrected chi connectivity index (χ2v) is 5.72. The van der Waals surface area contributed by atoms with Gasteiger partial charge in [-0.25, -0.2) is 15.8 Å². The molecule has 20 heavy (non-hydrogen) atoms. The highest BCUT2D eigenvalue weighted by atomic mass is 15.3. The Morgan fingerprint density at radius 1 is 1.30 bits per heavy atom. The van der Waals surface area contributed by atoms with Crippen LogP contribution in [0.4, 0.5) is 11.6 Å². The lowest BCUT2D eigenvalue weighted by Gasteiger charge is -2.21. The predicted octanol–water partition coefficient (Wildman–Crippen LogP) is 2.65. The summed E-state index contributed by atoms with van der Waals surface area (Å²) < 4.78 is 0. The molecule has 5 nitrogen and oxygen atoms in total. The Bertz CT molecular complexity index is 446. The zero-order valence-electron chi connectivity index (χ0n) is 12.9. The fourth-order valence-electron chi connectivity index (χ4n) is 3.00. The molecule has 0 saturated carbocycles. The van der Waals surface area contributed by atoms with Gasteiger partial charge in [-0.2, -0.15) is 0 Å². The molecule has 2 heterocycles. The van der Waals surface area contributed by atoms with Crippen molar-refractivity contribution in [2.45, 2.75) is 52.9 Å². The van der Waals surface area contributed by atoms with Gasteiger partial charge in [0, 0.05) is 25.1 Å². The van der Waals surface area contributed by atoms with Crippen molar-refractivity contribution in [2.75, 3.05) is 23.4 Å². The lowest BCUT2D eigenvalue weighted by molar-refractivity contribution is 0.529. The van der Waals surface area contributed by atoms with E-state index in [-0.39, 0.29) is 0 Å². The minimum atomic E-state index is 0.761. The number of hydrazine groups is 1. The van der Waals surface area contributed by atoms with Gasteiger partial charge in [-0.15, -0.1) is 0 Å². The fourth-order valence-corrected chi connectivity index (χ4v) is 3.00. The molecule has 0 aliphatic carbocycles. The first-order valence-electron chi connectivity index (χ1n) is 7.78. The zero-order valence-corrected chi connectivity index (χ0v) is 12.9. The molecule has 5 heteroatoms. The van der Waals surface area contributed by atoms with Gasteiger partial charge in [0.2, 0.25) is 0 Å². The lowest BCUT2D eigenvalue weighted by atomic mass is 10.0. The van der Waals surface area contributed by atoms with Crippen molar-refractivity contribution < 1.29 is 0 Å². The zero-order chi connectivity index (χ0) is 14.5. The third kappa shape index (κ3) is 3.20. The van der Waals surface area contributed by atoms with Gasteiger partial charge in [-0.05, 0) is 32.1 Å². The van der Waals surface area contributed by atoms with E-state index in [0.717, 1.165) is 54.9 Å². The number of nitrogens with one attached hydrogen (secondary N) is 1. The summed E-state index contributed by atoms with van der Waals surface area (Å²) in [7, 11) is 0. The highest BCUT2D eigenvalue weighted by Gasteiger charge is 2.25. The summed E-state index contributed by atoms with van der Waals surface area (Å²) in [5, 5.41) is 0. The first-order chi connectivity index (χ1) is 9.69. The third-order valence-electron chi connectivity index (χ3n) is 4.06. The SMILES string of the molecule is CCCc1nc(NN)c(C)c(N2CCC(CCC)C2)n1. The number of hydrogen-bond acceptors (Lipinski definition) is 5. The first-order valence-corrected chi connectivity index (χ1v) is 7.78. The Balaban J connectivity index is 2.24. The molecule has 3 N–H and O–H groups in total. The minimum absolute atomic E-state index is 0.761. The van der Waals surface area contributed by atoms with Crippen LogP contribution in [0.3, 0.4) is 0 Å². The number of anilines is 2. The van der Waals surface area contributed by atoms with Gasteiger partial charge in [0.25, 0.3) is 0 Å². The topological polar surface area (TPSA) is 67.1 Å². The van der Waals surface area contributed by atoms with E-state index in [0.29, 0.717) is 0 Å². The number of rotatable bonds is 6. The van der Waals surface area contributed by atoms with Crippen LogP contribution in [0.1, 0.15) is 50.9 Å². The smallest absolute Gasteiger partial charge is 0.148 e. The van der Waals surface area contributed by atoms with Crippen molar-refractivity contribution in [3.63, 3.8) is 0 Å². The van der Waals surface area contributed by atoms with Crippen LogP contribution >= 0.6 is 0 Å². The largest absolute Gasteiger partial charge is 0.356 e. The van der Waals surface area contributed by atoms with Gasteiger partial charge >= 0.3 is 0 Å². The van der Waals surface area contributed by atoms with Crippen LogP contribution in [0.2, 0.25) is 0 Å². The van der Waals surface area contributed by atoms with E-state index in [1.165, 1.54) is 19.3 Å². The van der Waals surface area contributed by atoms with Crippen molar-refractivity contribution in [1.82, 2.24) is 9.97 Å². The number of aromatic nitrogens is 2. The van der Waals surface area contributed by atoms with Crippen LogP contribution < -0.4 is 16.2 Å². The number of nitrogens with two attached hydrogens (primary N) is 1. The Labute approximate surface area is 121 Å². The molecule has 0 radical (unpaired) electrons. The number of nitrogen functional groups attached to an aromatic ring is 1. The second kappa shape index (κ2) is 6.88. The van der Waals surface area contributed by atoms with E-state index in [9.17, 15) is 0 Å². The van der Waals surface area contributed by atoms with Gasteiger partial charge in [-0.3, -0.25) is 0 Å². The second-order valence-electron chi connectivity index (χ2n) is 5.72. The summed E-state index contributed by atoms with van der Waals surface area (Å²) in [4.78, 5) is 11.7. The fraction of sp³-hybridized carbons (Fsp3) is 0.733. The average Bonchev–Trinajstić information content (AvgIpc) is 2.89. The van der Waals surface area contributed by atoms with Crippen molar-refractivity contribution in [3.8, 4) is 0 Å². The highest BCUT2D eigenvalue weighted by Crippen LogP contribution is 2.30. The normalized spacial score (nSPS) is 18.6. The number of aryl methyl sites for hydroxylation is 1. The maximum Gasteiger partial charge on any atom is 0.148 e. The van der Waals surface area contributed by atoms with Crippen molar-refractivity contribution >= 4 is 11.6 Å². The average molecular weight is 277 g/mol. The van der Waals surface area contributed by atoms with Crippen molar-refractivity contribution in [1.29, 1.82) is 0 Å². The summed E-state index contributed by atoms with van der Waals surface area (Å²) >= 11 is 0. The molecule has 0 amide bonds. The molecule has 1 unspecified atom stereocenters. The molecule has 1 aliphatic rings. The maximum absolute atomic E-state index is 5.60. The number of hydrogen-bond donors (Lipinski definition) is 2. The minimum Gasteiger partial charge on any atom is -0.356 e. The van der Waals surface area contributed by atoms with E-state index in [1.807, 2.05) is 6.92 Å². The lowest BCUT2D eigenvalue weighted by Crippen LogP contribution is -2.24. The predicted molar refractivity (Wildman–Crippen MR) is 83.8 cm³/mol. The first kappa shape index (κ1) is 15.0. The van der Waals surface area contributed by atoms with Crippen molar-refractivity contribution in [3.05, 3.63) is 11.4 Å². The summed E-state index contributed by atoms with van der Waals surface area (Å²) in [5.41, 5.74) is 3.78. The van der Waals surface area contributed by atoms with E-state index < -0.39 is 0 Å². The summed E-state index contributed by atoms with van der Waals surface area (Å²) in [6, 6.07) is 0. The van der Waals surface area contributed by atoms with Crippen LogP contribution in [0.5, 0.6) is 0 Å². The van der Waals surface area contributed by atoms with E-state index >= 15 is 0 Å². The highest BCUT2D eigenvalue weighted by molar-refractivity contribution is 5.58. The number of nitrogens with zero attached hydrogens (tertiary/aromatic N) is 3. The summed E-state index contributed by atoms with van der Waals surface area (Å²) in [6.45, 7) is 8.66. The molecule has 1 aliphatic heterocycles.